The molecule has 2 aromatic rings. The fourth-order valence-corrected chi connectivity index (χ4v) is 2.48. The molecule has 0 heterocycles. The maximum Gasteiger partial charge on any atom is 0.252 e. The van der Waals surface area contributed by atoms with Crippen molar-refractivity contribution < 1.29 is 9.59 Å². The van der Waals surface area contributed by atoms with Crippen LogP contribution < -0.4 is 10.6 Å². The Morgan fingerprint density at radius 3 is 2.21 bits per heavy atom. The zero-order valence-corrected chi connectivity index (χ0v) is 14.4. The highest BCUT2D eigenvalue weighted by Crippen LogP contribution is 2.09. The summed E-state index contributed by atoms with van der Waals surface area (Å²) in [4.78, 5) is 25.0. The van der Waals surface area contributed by atoms with E-state index in [-0.39, 0.29) is 17.7 Å². The Hall–Kier alpha value is -2.62. The largest absolute Gasteiger partial charge is 0.350 e. The fourth-order valence-electron chi connectivity index (χ4n) is 2.48. The van der Waals surface area contributed by atoms with Gasteiger partial charge in [-0.2, -0.15) is 0 Å². The highest BCUT2D eigenvalue weighted by molar-refractivity contribution is 5.98. The zero-order valence-electron chi connectivity index (χ0n) is 14.4. The van der Waals surface area contributed by atoms with Crippen molar-refractivity contribution in [1.82, 2.24) is 10.6 Å². The van der Waals surface area contributed by atoms with E-state index in [2.05, 4.69) is 10.6 Å². The summed E-state index contributed by atoms with van der Waals surface area (Å²) < 4.78 is 0. The lowest BCUT2D eigenvalue weighted by Crippen LogP contribution is -2.49. The molecule has 4 heteroatoms. The smallest absolute Gasteiger partial charge is 0.252 e. The van der Waals surface area contributed by atoms with E-state index in [1.165, 1.54) is 0 Å². The molecule has 2 rings (SSSR count). The summed E-state index contributed by atoms with van der Waals surface area (Å²) in [7, 11) is 0. The Kier molecular flexibility index (Phi) is 6.13. The van der Waals surface area contributed by atoms with E-state index in [1.54, 1.807) is 6.07 Å². The summed E-state index contributed by atoms with van der Waals surface area (Å²) in [6.07, 6.45) is 0. The molecule has 0 fully saturated rings. The highest BCUT2D eigenvalue weighted by Gasteiger charge is 2.24. The van der Waals surface area contributed by atoms with E-state index in [4.69, 9.17) is 0 Å². The van der Waals surface area contributed by atoms with E-state index in [9.17, 15) is 9.59 Å². The third kappa shape index (κ3) is 4.69. The van der Waals surface area contributed by atoms with Crippen LogP contribution in [0.5, 0.6) is 0 Å². The van der Waals surface area contributed by atoms with Crippen LogP contribution in [0, 0.1) is 12.8 Å². The molecule has 2 aromatic carbocycles. The number of aryl methyl sites for hydroxylation is 1. The van der Waals surface area contributed by atoms with Gasteiger partial charge in [-0.05, 0) is 30.0 Å². The molecule has 1 atom stereocenters. The number of benzene rings is 2. The van der Waals surface area contributed by atoms with Crippen LogP contribution in [0.4, 0.5) is 0 Å². The van der Waals surface area contributed by atoms with Gasteiger partial charge in [0.2, 0.25) is 5.91 Å². The van der Waals surface area contributed by atoms with Crippen molar-refractivity contribution in [3.63, 3.8) is 0 Å². The molecule has 0 radical (unpaired) electrons. The summed E-state index contributed by atoms with van der Waals surface area (Å²) in [5.41, 5.74) is 2.51. The Morgan fingerprint density at radius 1 is 0.958 bits per heavy atom. The van der Waals surface area contributed by atoms with Gasteiger partial charge in [0, 0.05) is 12.1 Å². The molecule has 126 valence electrons. The second-order valence-electron chi connectivity index (χ2n) is 6.21. The SMILES string of the molecule is Cc1ccccc1C(=O)NC(C(=O)NCc1ccccc1)C(C)C. The molecule has 0 aromatic heterocycles. The van der Waals surface area contributed by atoms with Gasteiger partial charge in [-0.25, -0.2) is 0 Å². The lowest BCUT2D eigenvalue weighted by Gasteiger charge is -2.22. The van der Waals surface area contributed by atoms with Crippen molar-refractivity contribution in [1.29, 1.82) is 0 Å². The summed E-state index contributed by atoms with van der Waals surface area (Å²) in [6, 6.07) is 16.5. The number of nitrogens with one attached hydrogen (secondary N) is 2. The molecule has 0 bridgehead atoms. The lowest BCUT2D eigenvalue weighted by atomic mass is 10.0. The molecule has 2 N–H and O–H groups in total. The lowest BCUT2D eigenvalue weighted by molar-refractivity contribution is -0.124. The van der Waals surface area contributed by atoms with Gasteiger partial charge in [-0.1, -0.05) is 62.4 Å². The summed E-state index contributed by atoms with van der Waals surface area (Å²) >= 11 is 0. The number of amides is 2. The zero-order chi connectivity index (χ0) is 17.5. The van der Waals surface area contributed by atoms with Crippen LogP contribution in [-0.4, -0.2) is 17.9 Å². The van der Waals surface area contributed by atoms with Crippen LogP contribution in [0.2, 0.25) is 0 Å². The molecule has 0 aliphatic rings. The van der Waals surface area contributed by atoms with Crippen molar-refractivity contribution in [3.05, 3.63) is 71.3 Å². The Labute approximate surface area is 143 Å². The van der Waals surface area contributed by atoms with Crippen LogP contribution in [0.25, 0.3) is 0 Å². The molecule has 0 aliphatic heterocycles. The van der Waals surface area contributed by atoms with Crippen LogP contribution in [0.15, 0.2) is 54.6 Å². The standard InChI is InChI=1S/C20H24N2O2/c1-14(2)18(20(24)21-13-16-10-5-4-6-11-16)22-19(23)17-12-8-7-9-15(17)3/h4-12,14,18H,13H2,1-3H3,(H,21,24)(H,22,23). The molecule has 0 saturated heterocycles. The number of rotatable bonds is 6. The van der Waals surface area contributed by atoms with E-state index in [1.807, 2.05) is 69.3 Å². The Morgan fingerprint density at radius 2 is 1.58 bits per heavy atom. The van der Waals surface area contributed by atoms with Gasteiger partial charge in [-0.3, -0.25) is 9.59 Å². The van der Waals surface area contributed by atoms with Crippen molar-refractivity contribution in [2.24, 2.45) is 5.92 Å². The van der Waals surface area contributed by atoms with Crippen molar-refractivity contribution in [2.75, 3.05) is 0 Å². The Bertz CT molecular complexity index is 696. The van der Waals surface area contributed by atoms with E-state index >= 15 is 0 Å². The van der Waals surface area contributed by atoms with Gasteiger partial charge >= 0.3 is 0 Å². The quantitative estimate of drug-likeness (QED) is 0.858. The maximum atomic E-state index is 12.5. The molecular weight excluding hydrogens is 300 g/mol. The average molecular weight is 324 g/mol. The average Bonchev–Trinajstić information content (AvgIpc) is 2.58. The number of hydrogen-bond donors (Lipinski definition) is 2. The second kappa shape index (κ2) is 8.29. The van der Waals surface area contributed by atoms with Gasteiger partial charge in [0.1, 0.15) is 6.04 Å². The molecule has 0 saturated carbocycles. The highest BCUT2D eigenvalue weighted by atomic mass is 16.2. The summed E-state index contributed by atoms with van der Waals surface area (Å²) in [5.74, 6) is -0.397. The number of carbonyl (C=O) groups is 2. The first-order chi connectivity index (χ1) is 11.5. The minimum atomic E-state index is -0.569. The van der Waals surface area contributed by atoms with Gasteiger partial charge in [-0.15, -0.1) is 0 Å². The van der Waals surface area contributed by atoms with E-state index in [0.717, 1.165) is 11.1 Å². The fraction of sp³-hybridized carbons (Fsp3) is 0.300. The van der Waals surface area contributed by atoms with Gasteiger partial charge in [0.15, 0.2) is 0 Å². The summed E-state index contributed by atoms with van der Waals surface area (Å²) in [5, 5.41) is 5.76. The Balaban J connectivity index is 2.02. The monoisotopic (exact) mass is 324 g/mol. The van der Waals surface area contributed by atoms with Crippen LogP contribution in [0.1, 0.15) is 35.3 Å². The van der Waals surface area contributed by atoms with Crippen molar-refractivity contribution in [2.45, 2.75) is 33.4 Å². The van der Waals surface area contributed by atoms with Gasteiger partial charge in [0.25, 0.3) is 5.91 Å². The molecule has 0 aliphatic carbocycles. The van der Waals surface area contributed by atoms with Gasteiger partial charge in [0.05, 0.1) is 0 Å². The maximum absolute atomic E-state index is 12.5. The molecule has 2 amide bonds. The number of carbonyl (C=O) groups excluding carboxylic acids is 2. The van der Waals surface area contributed by atoms with Crippen LogP contribution >= 0.6 is 0 Å². The first-order valence-electron chi connectivity index (χ1n) is 8.17. The van der Waals surface area contributed by atoms with Gasteiger partial charge < -0.3 is 10.6 Å². The van der Waals surface area contributed by atoms with Crippen LogP contribution in [-0.2, 0) is 11.3 Å². The molecular formula is C20H24N2O2. The second-order valence-corrected chi connectivity index (χ2v) is 6.21. The first-order valence-corrected chi connectivity index (χ1v) is 8.17. The van der Waals surface area contributed by atoms with Crippen LogP contribution in [0.3, 0.4) is 0 Å². The molecule has 1 unspecified atom stereocenters. The third-order valence-corrected chi connectivity index (χ3v) is 3.93. The normalized spacial score (nSPS) is 11.8. The van der Waals surface area contributed by atoms with Crippen molar-refractivity contribution in [3.8, 4) is 0 Å². The summed E-state index contributed by atoms with van der Waals surface area (Å²) in [6.45, 7) is 6.17. The van der Waals surface area contributed by atoms with E-state index < -0.39 is 6.04 Å². The molecule has 0 spiro atoms. The predicted molar refractivity (Wildman–Crippen MR) is 95.6 cm³/mol. The topological polar surface area (TPSA) is 58.2 Å². The minimum Gasteiger partial charge on any atom is -0.350 e. The first kappa shape index (κ1) is 17.7. The predicted octanol–water partition coefficient (Wildman–Crippen LogP) is 3.07. The number of hydrogen-bond acceptors (Lipinski definition) is 2. The van der Waals surface area contributed by atoms with Crippen molar-refractivity contribution >= 4 is 11.8 Å². The minimum absolute atomic E-state index is 0.00579. The third-order valence-electron chi connectivity index (χ3n) is 3.93. The molecule has 24 heavy (non-hydrogen) atoms. The van der Waals surface area contributed by atoms with E-state index in [0.29, 0.717) is 12.1 Å². The molecule has 4 nitrogen and oxygen atoms in total.